The van der Waals surface area contributed by atoms with E-state index in [2.05, 4.69) is 10.1 Å². The Morgan fingerprint density at radius 3 is 3.13 bits per heavy atom. The van der Waals surface area contributed by atoms with Gasteiger partial charge in [0.1, 0.15) is 12.2 Å². The summed E-state index contributed by atoms with van der Waals surface area (Å²) in [4.78, 5) is 4.16. The van der Waals surface area contributed by atoms with Gasteiger partial charge in [-0.05, 0) is 19.3 Å². The van der Waals surface area contributed by atoms with Crippen molar-refractivity contribution in [1.82, 2.24) is 10.1 Å². The lowest BCUT2D eigenvalue weighted by atomic mass is 10.2. The number of hydrogen-bond acceptors (Lipinski definition) is 5. The Morgan fingerprint density at radius 2 is 2.47 bits per heavy atom. The maximum atomic E-state index is 9.65. The van der Waals surface area contributed by atoms with Crippen molar-refractivity contribution >= 4 is 0 Å². The molecule has 2 atom stereocenters. The first kappa shape index (κ1) is 10.6. The average Bonchev–Trinajstić information content (AvgIpc) is 2.89. The van der Waals surface area contributed by atoms with Gasteiger partial charge in [-0.15, -0.1) is 0 Å². The molecule has 1 fully saturated rings. The van der Waals surface area contributed by atoms with Crippen LogP contribution in [0.4, 0.5) is 0 Å². The van der Waals surface area contributed by atoms with Crippen molar-refractivity contribution in [2.75, 3.05) is 6.61 Å². The standard InChI is InChI=1S/C10H16N2O3/c1-2-4-7(13)9-11-10(15-12-9)8-5-3-6-14-8/h7-8,13H,2-6H2,1H3. The summed E-state index contributed by atoms with van der Waals surface area (Å²) in [6.07, 6.45) is 2.81. The predicted molar refractivity (Wildman–Crippen MR) is 52.1 cm³/mol. The van der Waals surface area contributed by atoms with Crippen molar-refractivity contribution in [3.8, 4) is 0 Å². The van der Waals surface area contributed by atoms with Crippen LogP contribution in [0.3, 0.4) is 0 Å². The second-order valence-electron chi connectivity index (χ2n) is 3.80. The third-order valence-corrected chi connectivity index (χ3v) is 2.52. The molecule has 0 aliphatic carbocycles. The highest BCUT2D eigenvalue weighted by Crippen LogP contribution is 2.28. The molecule has 0 radical (unpaired) electrons. The molecule has 1 aliphatic rings. The third-order valence-electron chi connectivity index (χ3n) is 2.52. The number of aromatic nitrogens is 2. The predicted octanol–water partition coefficient (Wildman–Crippen LogP) is 1.75. The number of rotatable bonds is 4. The number of aliphatic hydroxyl groups excluding tert-OH is 1. The summed E-state index contributed by atoms with van der Waals surface area (Å²) in [6, 6.07) is 0. The number of nitrogens with zero attached hydrogens (tertiary/aromatic N) is 2. The lowest BCUT2D eigenvalue weighted by Crippen LogP contribution is -2.01. The molecule has 15 heavy (non-hydrogen) atoms. The van der Waals surface area contributed by atoms with Crippen LogP contribution in [0.25, 0.3) is 0 Å². The van der Waals surface area contributed by atoms with E-state index in [1.54, 1.807) is 0 Å². The fraction of sp³-hybridized carbons (Fsp3) is 0.800. The summed E-state index contributed by atoms with van der Waals surface area (Å²) in [5, 5.41) is 13.4. The van der Waals surface area contributed by atoms with Gasteiger partial charge in [0.2, 0.25) is 0 Å². The molecule has 2 rings (SSSR count). The van der Waals surface area contributed by atoms with E-state index in [9.17, 15) is 5.11 Å². The van der Waals surface area contributed by atoms with Crippen LogP contribution in [-0.2, 0) is 4.74 Å². The Bertz CT molecular complexity index is 307. The minimum Gasteiger partial charge on any atom is -0.385 e. The maximum absolute atomic E-state index is 9.65. The summed E-state index contributed by atoms with van der Waals surface area (Å²) in [7, 11) is 0. The molecular weight excluding hydrogens is 196 g/mol. The van der Waals surface area contributed by atoms with E-state index in [4.69, 9.17) is 9.26 Å². The van der Waals surface area contributed by atoms with E-state index in [1.165, 1.54) is 0 Å². The molecule has 1 aromatic rings. The molecule has 5 nitrogen and oxygen atoms in total. The highest BCUT2D eigenvalue weighted by atomic mass is 16.5. The smallest absolute Gasteiger partial charge is 0.255 e. The molecule has 5 heteroatoms. The molecule has 2 heterocycles. The molecule has 0 saturated carbocycles. The lowest BCUT2D eigenvalue weighted by Gasteiger charge is -2.02. The monoisotopic (exact) mass is 212 g/mol. The van der Waals surface area contributed by atoms with Gasteiger partial charge in [-0.2, -0.15) is 4.98 Å². The van der Waals surface area contributed by atoms with Crippen molar-refractivity contribution in [3.63, 3.8) is 0 Å². The van der Waals surface area contributed by atoms with Crippen LogP contribution in [0.5, 0.6) is 0 Å². The molecule has 1 saturated heterocycles. The van der Waals surface area contributed by atoms with Crippen LogP contribution in [-0.4, -0.2) is 21.9 Å². The van der Waals surface area contributed by atoms with Gasteiger partial charge in [0, 0.05) is 6.61 Å². The minimum absolute atomic E-state index is 0.0694. The van der Waals surface area contributed by atoms with Gasteiger partial charge < -0.3 is 14.4 Å². The summed E-state index contributed by atoms with van der Waals surface area (Å²) < 4.78 is 10.5. The Labute approximate surface area is 88.4 Å². The Balaban J connectivity index is 2.02. The van der Waals surface area contributed by atoms with Crippen molar-refractivity contribution in [1.29, 1.82) is 0 Å². The van der Waals surface area contributed by atoms with Crippen molar-refractivity contribution in [2.45, 2.75) is 44.8 Å². The van der Waals surface area contributed by atoms with Crippen LogP contribution in [0.1, 0.15) is 56.5 Å². The minimum atomic E-state index is -0.617. The van der Waals surface area contributed by atoms with Crippen molar-refractivity contribution < 1.29 is 14.4 Å². The highest BCUT2D eigenvalue weighted by molar-refractivity contribution is 4.94. The van der Waals surface area contributed by atoms with E-state index >= 15 is 0 Å². The quantitative estimate of drug-likeness (QED) is 0.823. The average molecular weight is 212 g/mol. The van der Waals surface area contributed by atoms with Crippen LogP contribution >= 0.6 is 0 Å². The van der Waals surface area contributed by atoms with Crippen LogP contribution in [0, 0.1) is 0 Å². The summed E-state index contributed by atoms with van der Waals surface area (Å²) in [5.74, 6) is 0.875. The topological polar surface area (TPSA) is 68.4 Å². The fourth-order valence-corrected chi connectivity index (χ4v) is 1.69. The van der Waals surface area contributed by atoms with Crippen molar-refractivity contribution in [3.05, 3.63) is 11.7 Å². The number of ether oxygens (including phenoxy) is 1. The van der Waals surface area contributed by atoms with Gasteiger partial charge >= 0.3 is 0 Å². The van der Waals surface area contributed by atoms with Crippen molar-refractivity contribution in [2.24, 2.45) is 0 Å². The fourth-order valence-electron chi connectivity index (χ4n) is 1.69. The molecule has 2 unspecified atom stereocenters. The van der Waals surface area contributed by atoms with E-state index in [1.807, 2.05) is 6.92 Å². The molecule has 0 bridgehead atoms. The molecule has 1 N–H and O–H groups in total. The second kappa shape index (κ2) is 4.72. The Hall–Kier alpha value is -0.940. The normalized spacial score (nSPS) is 23.2. The van der Waals surface area contributed by atoms with Crippen LogP contribution in [0.2, 0.25) is 0 Å². The third kappa shape index (κ3) is 2.35. The van der Waals surface area contributed by atoms with E-state index in [0.29, 0.717) is 18.1 Å². The molecule has 1 aliphatic heterocycles. The summed E-state index contributed by atoms with van der Waals surface area (Å²) in [5.41, 5.74) is 0. The Kier molecular flexibility index (Phi) is 3.33. The number of aliphatic hydroxyl groups is 1. The summed E-state index contributed by atoms with van der Waals surface area (Å²) in [6.45, 7) is 2.75. The first-order valence-electron chi connectivity index (χ1n) is 5.44. The zero-order valence-corrected chi connectivity index (χ0v) is 8.85. The second-order valence-corrected chi connectivity index (χ2v) is 3.80. The molecule has 0 spiro atoms. The van der Waals surface area contributed by atoms with Gasteiger partial charge in [0.25, 0.3) is 5.89 Å². The van der Waals surface area contributed by atoms with Crippen LogP contribution < -0.4 is 0 Å². The first-order valence-corrected chi connectivity index (χ1v) is 5.44. The first-order chi connectivity index (χ1) is 7.31. The molecular formula is C10H16N2O3. The van der Waals surface area contributed by atoms with Gasteiger partial charge in [-0.3, -0.25) is 0 Å². The SMILES string of the molecule is CCCC(O)c1noc(C2CCCO2)n1. The molecule has 1 aromatic heterocycles. The highest BCUT2D eigenvalue weighted by Gasteiger charge is 2.25. The lowest BCUT2D eigenvalue weighted by molar-refractivity contribution is 0.0834. The van der Waals surface area contributed by atoms with E-state index in [-0.39, 0.29) is 6.10 Å². The zero-order chi connectivity index (χ0) is 10.7. The summed E-state index contributed by atoms with van der Waals surface area (Å²) >= 11 is 0. The van der Waals surface area contributed by atoms with E-state index in [0.717, 1.165) is 25.9 Å². The molecule has 0 amide bonds. The van der Waals surface area contributed by atoms with Gasteiger partial charge in [-0.1, -0.05) is 18.5 Å². The van der Waals surface area contributed by atoms with Gasteiger partial charge in [0.05, 0.1) is 0 Å². The number of hydrogen-bond donors (Lipinski definition) is 1. The largest absolute Gasteiger partial charge is 0.385 e. The molecule has 0 aromatic carbocycles. The van der Waals surface area contributed by atoms with Gasteiger partial charge in [-0.25, -0.2) is 0 Å². The maximum Gasteiger partial charge on any atom is 0.255 e. The zero-order valence-electron chi connectivity index (χ0n) is 8.85. The Morgan fingerprint density at radius 1 is 1.60 bits per heavy atom. The molecule has 84 valence electrons. The van der Waals surface area contributed by atoms with Gasteiger partial charge in [0.15, 0.2) is 5.82 Å². The van der Waals surface area contributed by atoms with E-state index < -0.39 is 6.10 Å². The van der Waals surface area contributed by atoms with Crippen LogP contribution in [0.15, 0.2) is 4.52 Å².